The van der Waals surface area contributed by atoms with Crippen LogP contribution in [-0.4, -0.2) is 37.1 Å². The van der Waals surface area contributed by atoms with Crippen LogP contribution in [0.2, 0.25) is 0 Å². The number of rotatable bonds is 3. The van der Waals surface area contributed by atoms with Gasteiger partial charge in [0.1, 0.15) is 4.90 Å². The summed E-state index contributed by atoms with van der Waals surface area (Å²) in [6, 6.07) is 1.29. The van der Waals surface area contributed by atoms with Crippen molar-refractivity contribution < 1.29 is 26.7 Å². The summed E-state index contributed by atoms with van der Waals surface area (Å²) in [6.07, 6.45) is -4.27. The van der Waals surface area contributed by atoms with Crippen molar-refractivity contribution in [2.45, 2.75) is 30.5 Å². The maximum Gasteiger partial charge on any atom is 0.393 e. The number of aliphatic hydroxyl groups excluding tert-OH is 1. The first-order valence-corrected chi connectivity index (χ1v) is 9.17. The molecule has 2 rings (SSSR count). The van der Waals surface area contributed by atoms with Crippen molar-refractivity contribution in [3.05, 3.63) is 14.7 Å². The summed E-state index contributed by atoms with van der Waals surface area (Å²) in [5, 5.41) is 9.03. The van der Waals surface area contributed by atoms with Crippen LogP contribution in [0, 0.1) is 5.92 Å². The Morgan fingerprint density at radius 3 is 2.67 bits per heavy atom. The minimum absolute atomic E-state index is 0.0534. The van der Waals surface area contributed by atoms with E-state index in [9.17, 15) is 21.6 Å². The van der Waals surface area contributed by atoms with Crippen molar-refractivity contribution in [1.82, 2.24) is 4.31 Å². The summed E-state index contributed by atoms with van der Waals surface area (Å²) < 4.78 is 64.4. The molecular weight excluding hydrogens is 395 g/mol. The monoisotopic (exact) mass is 407 g/mol. The molecule has 4 nitrogen and oxygen atoms in total. The van der Waals surface area contributed by atoms with Gasteiger partial charge in [-0.3, -0.25) is 0 Å². The second-order valence-corrected chi connectivity index (χ2v) is 9.11. The van der Waals surface area contributed by atoms with Crippen LogP contribution >= 0.6 is 27.3 Å². The lowest BCUT2D eigenvalue weighted by Gasteiger charge is -2.32. The van der Waals surface area contributed by atoms with E-state index in [0.717, 1.165) is 15.6 Å². The third-order valence-corrected chi connectivity index (χ3v) is 7.43. The first kappa shape index (κ1) is 17.2. The van der Waals surface area contributed by atoms with E-state index in [2.05, 4.69) is 15.9 Å². The highest BCUT2D eigenvalue weighted by Crippen LogP contribution is 2.38. The van der Waals surface area contributed by atoms with E-state index in [0.29, 0.717) is 8.66 Å². The first-order chi connectivity index (χ1) is 9.66. The molecule has 0 bridgehead atoms. The van der Waals surface area contributed by atoms with Gasteiger partial charge in [0.05, 0.1) is 16.3 Å². The Morgan fingerprint density at radius 1 is 1.48 bits per heavy atom. The molecule has 1 aromatic heterocycles. The lowest BCUT2D eigenvalue weighted by Crippen LogP contribution is -2.44. The van der Waals surface area contributed by atoms with Gasteiger partial charge in [0.25, 0.3) is 0 Å². The summed E-state index contributed by atoms with van der Waals surface area (Å²) in [6.45, 7) is -0.793. The van der Waals surface area contributed by atoms with Gasteiger partial charge in [-0.25, -0.2) is 8.42 Å². The Morgan fingerprint density at radius 2 is 2.14 bits per heavy atom. The molecular formula is C11H13BrF3NO3S2. The predicted molar refractivity (Wildman–Crippen MR) is 75.5 cm³/mol. The molecule has 2 heterocycles. The molecule has 0 aliphatic carbocycles. The minimum atomic E-state index is -4.39. The van der Waals surface area contributed by atoms with E-state index in [1.165, 1.54) is 6.07 Å². The van der Waals surface area contributed by atoms with Crippen LogP contribution in [0.3, 0.4) is 0 Å². The third-order valence-electron chi connectivity index (χ3n) is 3.33. The number of alkyl halides is 3. The molecule has 0 amide bonds. The first-order valence-electron chi connectivity index (χ1n) is 6.12. The summed E-state index contributed by atoms with van der Waals surface area (Å²) in [4.78, 5) is 0.351. The van der Waals surface area contributed by atoms with E-state index >= 15 is 0 Å². The fourth-order valence-corrected chi connectivity index (χ4v) is 6.23. The Kier molecular flexibility index (Phi) is 5.04. The lowest BCUT2D eigenvalue weighted by molar-refractivity contribution is -0.182. The van der Waals surface area contributed by atoms with Crippen LogP contribution < -0.4 is 0 Å². The number of halogens is 4. The van der Waals surface area contributed by atoms with Crippen LogP contribution in [-0.2, 0) is 16.6 Å². The number of piperidine rings is 1. The van der Waals surface area contributed by atoms with E-state index in [1.54, 1.807) is 0 Å². The van der Waals surface area contributed by atoms with Crippen molar-refractivity contribution in [2.75, 3.05) is 13.1 Å². The Labute approximate surface area is 132 Å². The fraction of sp³-hybridized carbons (Fsp3) is 0.636. The molecule has 1 aliphatic heterocycles. The summed E-state index contributed by atoms with van der Waals surface area (Å²) in [5.74, 6) is -1.63. The van der Waals surface area contributed by atoms with E-state index < -0.39 is 28.7 Å². The van der Waals surface area contributed by atoms with Gasteiger partial charge in [0.15, 0.2) is 0 Å². The van der Waals surface area contributed by atoms with Gasteiger partial charge in [0.2, 0.25) is 10.0 Å². The lowest BCUT2D eigenvalue weighted by atomic mass is 9.99. The highest BCUT2D eigenvalue weighted by molar-refractivity contribution is 9.11. The summed E-state index contributed by atoms with van der Waals surface area (Å²) in [7, 11) is -3.99. The van der Waals surface area contributed by atoms with E-state index in [-0.39, 0.29) is 30.9 Å². The zero-order valence-electron chi connectivity index (χ0n) is 10.7. The summed E-state index contributed by atoms with van der Waals surface area (Å²) in [5.41, 5.74) is 0. The molecule has 1 saturated heterocycles. The van der Waals surface area contributed by atoms with Crippen LogP contribution in [0.25, 0.3) is 0 Å². The van der Waals surface area contributed by atoms with E-state index in [4.69, 9.17) is 5.11 Å². The van der Waals surface area contributed by atoms with Crippen molar-refractivity contribution in [2.24, 2.45) is 5.92 Å². The van der Waals surface area contributed by atoms with Gasteiger partial charge in [-0.15, -0.1) is 11.3 Å². The smallest absolute Gasteiger partial charge is 0.391 e. The fourth-order valence-electron chi connectivity index (χ4n) is 2.22. The molecule has 0 aromatic carbocycles. The van der Waals surface area contributed by atoms with Gasteiger partial charge >= 0.3 is 6.18 Å². The number of hydrogen-bond acceptors (Lipinski definition) is 4. The number of nitrogens with zero attached hydrogens (tertiary/aromatic N) is 1. The normalized spacial score (nSPS) is 21.7. The number of sulfonamides is 1. The van der Waals surface area contributed by atoms with Crippen LogP contribution in [0.5, 0.6) is 0 Å². The highest BCUT2D eigenvalue weighted by Gasteiger charge is 2.44. The molecule has 10 heteroatoms. The van der Waals surface area contributed by atoms with Gasteiger partial charge in [-0.2, -0.15) is 17.5 Å². The van der Waals surface area contributed by atoms with Crippen LogP contribution in [0.15, 0.2) is 14.7 Å². The topological polar surface area (TPSA) is 57.6 Å². The SMILES string of the molecule is O=S(=O)(c1cc(CO)sc1Br)N1CCCC(C(F)(F)F)C1. The second-order valence-electron chi connectivity index (χ2n) is 4.75. The molecule has 120 valence electrons. The molecule has 1 unspecified atom stereocenters. The van der Waals surface area contributed by atoms with E-state index in [1.807, 2.05) is 0 Å². The zero-order valence-corrected chi connectivity index (χ0v) is 13.9. The Balaban J connectivity index is 2.28. The molecule has 1 aromatic rings. The summed E-state index contributed by atoms with van der Waals surface area (Å²) >= 11 is 4.14. The molecule has 1 atom stereocenters. The van der Waals surface area contributed by atoms with Crippen LogP contribution in [0.1, 0.15) is 17.7 Å². The molecule has 0 spiro atoms. The van der Waals surface area contributed by atoms with Gasteiger partial charge in [-0.1, -0.05) is 0 Å². The third kappa shape index (κ3) is 3.61. The molecule has 1 aliphatic rings. The van der Waals surface area contributed by atoms with Gasteiger partial charge < -0.3 is 5.11 Å². The molecule has 21 heavy (non-hydrogen) atoms. The maximum absolute atomic E-state index is 12.8. The minimum Gasteiger partial charge on any atom is -0.391 e. The second kappa shape index (κ2) is 6.15. The van der Waals surface area contributed by atoms with Crippen molar-refractivity contribution >= 4 is 37.3 Å². The van der Waals surface area contributed by atoms with Crippen molar-refractivity contribution in [3.63, 3.8) is 0 Å². The quantitative estimate of drug-likeness (QED) is 0.837. The van der Waals surface area contributed by atoms with Gasteiger partial charge in [0, 0.05) is 18.0 Å². The average molecular weight is 408 g/mol. The largest absolute Gasteiger partial charge is 0.393 e. The number of hydrogen-bond donors (Lipinski definition) is 1. The standard InChI is InChI=1S/C11H13BrF3NO3S2/c12-10-9(4-8(6-17)20-10)21(18,19)16-3-1-2-7(5-16)11(13,14)15/h4,7,17H,1-3,5-6H2. The average Bonchev–Trinajstić information content (AvgIpc) is 2.80. The molecule has 1 fully saturated rings. The Bertz CT molecular complexity index is 615. The van der Waals surface area contributed by atoms with Crippen LogP contribution in [0.4, 0.5) is 13.2 Å². The maximum atomic E-state index is 12.8. The molecule has 0 saturated carbocycles. The highest BCUT2D eigenvalue weighted by atomic mass is 79.9. The number of aliphatic hydroxyl groups is 1. The van der Waals surface area contributed by atoms with Crippen molar-refractivity contribution in [1.29, 1.82) is 0 Å². The number of thiophene rings is 1. The van der Waals surface area contributed by atoms with Gasteiger partial charge in [-0.05, 0) is 34.8 Å². The van der Waals surface area contributed by atoms with Crippen molar-refractivity contribution in [3.8, 4) is 0 Å². The predicted octanol–water partition coefficient (Wildman–Crippen LogP) is 2.97. The Hall–Kier alpha value is -0.160. The molecule has 1 N–H and O–H groups in total. The molecule has 0 radical (unpaired) electrons. The zero-order chi connectivity index (χ0) is 15.8.